The van der Waals surface area contributed by atoms with Gasteiger partial charge in [-0.05, 0) is 41.0 Å². The van der Waals surface area contributed by atoms with E-state index in [9.17, 15) is 9.90 Å². The third kappa shape index (κ3) is 4.30. The summed E-state index contributed by atoms with van der Waals surface area (Å²) in [6.07, 6.45) is -1.66. The minimum atomic E-state index is -1.66. The number of aliphatic carboxylic acids is 1. The SMILES string of the molecule is COc1ccc(C(OCC(O)C(=O)O)(c2ccccc2)c2ccc(OC)cc2)cc1. The lowest BCUT2D eigenvalue weighted by Crippen LogP contribution is -2.37. The first-order valence-electron chi connectivity index (χ1n) is 9.40. The summed E-state index contributed by atoms with van der Waals surface area (Å²) < 4.78 is 16.8. The molecule has 0 aliphatic carbocycles. The Bertz CT molecular complexity index is 904. The Hall–Kier alpha value is -3.35. The minimum absolute atomic E-state index is 0.401. The Balaban J connectivity index is 2.21. The van der Waals surface area contributed by atoms with E-state index in [-0.39, 0.29) is 0 Å². The number of methoxy groups -OCH3 is 2. The topological polar surface area (TPSA) is 85.2 Å². The molecule has 156 valence electrons. The zero-order valence-corrected chi connectivity index (χ0v) is 16.8. The second-order valence-corrected chi connectivity index (χ2v) is 6.67. The number of carboxylic acids is 1. The van der Waals surface area contributed by atoms with Gasteiger partial charge in [0.1, 0.15) is 17.1 Å². The standard InChI is InChI=1S/C24H24O6/c1-28-20-12-8-18(9-13-20)24(17-6-4-3-5-7-17,30-16-22(25)23(26)27)19-10-14-21(29-2)15-11-19/h3-15,22,25H,16H2,1-2H3,(H,26,27). The molecule has 0 aliphatic rings. The highest BCUT2D eigenvalue weighted by atomic mass is 16.5. The van der Waals surface area contributed by atoms with Crippen LogP contribution in [-0.2, 0) is 15.1 Å². The summed E-state index contributed by atoms with van der Waals surface area (Å²) in [6, 6.07) is 24.2. The summed E-state index contributed by atoms with van der Waals surface area (Å²) in [5.41, 5.74) is 1.16. The van der Waals surface area contributed by atoms with Crippen molar-refractivity contribution in [2.45, 2.75) is 11.7 Å². The maximum absolute atomic E-state index is 11.2. The van der Waals surface area contributed by atoms with Gasteiger partial charge in [0.05, 0.1) is 20.8 Å². The van der Waals surface area contributed by atoms with Crippen molar-refractivity contribution in [1.82, 2.24) is 0 Å². The van der Waals surface area contributed by atoms with Crippen LogP contribution in [0.3, 0.4) is 0 Å². The predicted molar refractivity (Wildman–Crippen MR) is 112 cm³/mol. The van der Waals surface area contributed by atoms with Gasteiger partial charge in [0.15, 0.2) is 6.10 Å². The highest BCUT2D eigenvalue weighted by molar-refractivity contribution is 5.72. The Morgan fingerprint density at radius 3 is 1.63 bits per heavy atom. The molecular weight excluding hydrogens is 384 g/mol. The van der Waals surface area contributed by atoms with Gasteiger partial charge < -0.3 is 24.4 Å². The first kappa shape index (κ1) is 21.4. The summed E-state index contributed by atoms with van der Waals surface area (Å²) in [7, 11) is 3.17. The largest absolute Gasteiger partial charge is 0.497 e. The molecule has 1 unspecified atom stereocenters. The molecule has 0 bridgehead atoms. The molecule has 0 heterocycles. The van der Waals surface area contributed by atoms with Gasteiger partial charge in [0.2, 0.25) is 0 Å². The third-order valence-electron chi connectivity index (χ3n) is 4.92. The number of aliphatic hydroxyl groups excluding tert-OH is 1. The molecule has 3 rings (SSSR count). The van der Waals surface area contributed by atoms with Crippen molar-refractivity contribution < 1.29 is 29.2 Å². The van der Waals surface area contributed by atoms with E-state index in [2.05, 4.69) is 0 Å². The Morgan fingerprint density at radius 1 is 0.800 bits per heavy atom. The van der Waals surface area contributed by atoms with Gasteiger partial charge in [0.25, 0.3) is 0 Å². The lowest BCUT2D eigenvalue weighted by molar-refractivity contribution is -0.152. The molecule has 3 aromatic rings. The average Bonchev–Trinajstić information content (AvgIpc) is 2.80. The molecule has 0 saturated carbocycles. The van der Waals surface area contributed by atoms with Crippen LogP contribution in [0.5, 0.6) is 11.5 Å². The fourth-order valence-corrected chi connectivity index (χ4v) is 3.35. The van der Waals surface area contributed by atoms with E-state index >= 15 is 0 Å². The molecule has 2 N–H and O–H groups in total. The molecule has 30 heavy (non-hydrogen) atoms. The van der Waals surface area contributed by atoms with Crippen LogP contribution in [0.15, 0.2) is 78.9 Å². The summed E-state index contributed by atoms with van der Waals surface area (Å²) >= 11 is 0. The van der Waals surface area contributed by atoms with E-state index in [1.165, 1.54) is 0 Å². The average molecular weight is 408 g/mol. The highest BCUT2D eigenvalue weighted by Crippen LogP contribution is 2.41. The number of benzene rings is 3. The maximum Gasteiger partial charge on any atom is 0.334 e. The number of hydrogen-bond acceptors (Lipinski definition) is 5. The quantitative estimate of drug-likeness (QED) is 0.528. The normalized spacial score (nSPS) is 12.2. The van der Waals surface area contributed by atoms with Crippen molar-refractivity contribution in [2.24, 2.45) is 0 Å². The van der Waals surface area contributed by atoms with Crippen molar-refractivity contribution in [3.8, 4) is 11.5 Å². The van der Waals surface area contributed by atoms with E-state index in [0.29, 0.717) is 11.5 Å². The molecule has 6 nitrogen and oxygen atoms in total. The first-order valence-corrected chi connectivity index (χ1v) is 9.40. The fourth-order valence-electron chi connectivity index (χ4n) is 3.35. The second kappa shape index (κ2) is 9.43. The lowest BCUT2D eigenvalue weighted by Gasteiger charge is -2.36. The number of hydrogen-bond donors (Lipinski definition) is 2. The number of carbonyl (C=O) groups is 1. The smallest absolute Gasteiger partial charge is 0.334 e. The number of aliphatic hydroxyl groups is 1. The zero-order valence-electron chi connectivity index (χ0n) is 16.8. The number of rotatable bonds is 9. The third-order valence-corrected chi connectivity index (χ3v) is 4.92. The summed E-state index contributed by atoms with van der Waals surface area (Å²) in [4.78, 5) is 11.2. The van der Waals surface area contributed by atoms with Crippen molar-refractivity contribution in [3.05, 3.63) is 95.6 Å². The van der Waals surface area contributed by atoms with Crippen molar-refractivity contribution in [1.29, 1.82) is 0 Å². The molecule has 1 atom stereocenters. The van der Waals surface area contributed by atoms with E-state index < -0.39 is 24.3 Å². The molecule has 0 aliphatic heterocycles. The van der Waals surface area contributed by atoms with Crippen molar-refractivity contribution >= 4 is 5.97 Å². The van der Waals surface area contributed by atoms with Gasteiger partial charge in [-0.1, -0.05) is 54.6 Å². The summed E-state index contributed by atoms with van der Waals surface area (Å²) in [6.45, 7) is -0.401. The number of ether oxygens (including phenoxy) is 3. The monoisotopic (exact) mass is 408 g/mol. The molecule has 0 spiro atoms. The fraction of sp³-hybridized carbons (Fsp3) is 0.208. The maximum atomic E-state index is 11.2. The summed E-state index contributed by atoms with van der Waals surface area (Å²) in [5.74, 6) is 0.0171. The summed E-state index contributed by atoms with van der Waals surface area (Å²) in [5, 5.41) is 19.1. The van der Waals surface area contributed by atoms with Crippen LogP contribution in [0.2, 0.25) is 0 Å². The predicted octanol–water partition coefficient (Wildman–Crippen LogP) is 3.46. The van der Waals surface area contributed by atoms with Crippen LogP contribution in [-0.4, -0.2) is 43.1 Å². The van der Waals surface area contributed by atoms with Gasteiger partial charge in [-0.15, -0.1) is 0 Å². The molecule has 6 heteroatoms. The lowest BCUT2D eigenvalue weighted by atomic mass is 9.80. The van der Waals surface area contributed by atoms with E-state index in [1.807, 2.05) is 78.9 Å². The van der Waals surface area contributed by atoms with E-state index in [4.69, 9.17) is 19.3 Å². The van der Waals surface area contributed by atoms with Crippen molar-refractivity contribution in [2.75, 3.05) is 20.8 Å². The van der Waals surface area contributed by atoms with Crippen LogP contribution in [0.4, 0.5) is 0 Å². The Kier molecular flexibility index (Phi) is 6.72. The highest BCUT2D eigenvalue weighted by Gasteiger charge is 2.39. The van der Waals surface area contributed by atoms with Gasteiger partial charge >= 0.3 is 5.97 Å². The molecule has 0 saturated heterocycles. The van der Waals surface area contributed by atoms with Gasteiger partial charge in [0, 0.05) is 0 Å². The molecular formula is C24H24O6. The van der Waals surface area contributed by atoms with Crippen LogP contribution >= 0.6 is 0 Å². The molecule has 0 amide bonds. The minimum Gasteiger partial charge on any atom is -0.497 e. The molecule has 0 aromatic heterocycles. The first-order chi connectivity index (χ1) is 14.5. The second-order valence-electron chi connectivity index (χ2n) is 6.67. The molecule has 0 fully saturated rings. The van der Waals surface area contributed by atoms with Gasteiger partial charge in [-0.3, -0.25) is 0 Å². The number of carboxylic acid groups (broad SMARTS) is 1. The zero-order chi connectivity index (χ0) is 21.6. The van der Waals surface area contributed by atoms with Crippen LogP contribution < -0.4 is 9.47 Å². The van der Waals surface area contributed by atoms with Crippen molar-refractivity contribution in [3.63, 3.8) is 0 Å². The van der Waals surface area contributed by atoms with E-state index in [1.54, 1.807) is 14.2 Å². The molecule has 3 aromatic carbocycles. The Morgan fingerprint density at radius 2 is 1.23 bits per heavy atom. The Labute approximate surface area is 175 Å². The van der Waals surface area contributed by atoms with Gasteiger partial charge in [-0.25, -0.2) is 4.79 Å². The molecule has 0 radical (unpaired) electrons. The van der Waals surface area contributed by atoms with Crippen LogP contribution in [0.1, 0.15) is 16.7 Å². The van der Waals surface area contributed by atoms with Crippen LogP contribution in [0.25, 0.3) is 0 Å². The van der Waals surface area contributed by atoms with E-state index in [0.717, 1.165) is 16.7 Å². The van der Waals surface area contributed by atoms with Gasteiger partial charge in [-0.2, -0.15) is 0 Å². The van der Waals surface area contributed by atoms with Crippen LogP contribution in [0, 0.1) is 0 Å².